The van der Waals surface area contributed by atoms with Gasteiger partial charge in [0.1, 0.15) is 0 Å². The van der Waals surface area contributed by atoms with Gasteiger partial charge in [-0.1, -0.05) is 6.42 Å². The van der Waals surface area contributed by atoms with E-state index in [-0.39, 0.29) is 0 Å². The Morgan fingerprint density at radius 1 is 1.25 bits per heavy atom. The van der Waals surface area contributed by atoms with Gasteiger partial charge < -0.3 is 10.2 Å². The second kappa shape index (κ2) is 4.17. The van der Waals surface area contributed by atoms with Crippen LogP contribution >= 0.6 is 12.2 Å². The van der Waals surface area contributed by atoms with Gasteiger partial charge in [-0.2, -0.15) is 0 Å². The van der Waals surface area contributed by atoms with E-state index in [2.05, 4.69) is 17.3 Å². The largest absolute Gasteiger partial charge is 0.360 e. The second-order valence-electron chi connectivity index (χ2n) is 6.04. The van der Waals surface area contributed by atoms with Crippen molar-refractivity contribution in [1.29, 1.82) is 0 Å². The van der Waals surface area contributed by atoms with Gasteiger partial charge >= 0.3 is 0 Å². The Balaban J connectivity index is 1.48. The predicted octanol–water partition coefficient (Wildman–Crippen LogP) is 2.39. The molecule has 16 heavy (non-hydrogen) atoms. The topological polar surface area (TPSA) is 15.3 Å². The van der Waals surface area contributed by atoms with E-state index in [4.69, 9.17) is 12.2 Å². The van der Waals surface area contributed by atoms with Crippen molar-refractivity contribution in [3.8, 4) is 0 Å². The number of hydrogen-bond acceptors (Lipinski definition) is 1. The normalized spacial score (nSPS) is 36.4. The van der Waals surface area contributed by atoms with Crippen LogP contribution in [0.2, 0.25) is 0 Å². The molecule has 3 fully saturated rings. The lowest BCUT2D eigenvalue weighted by atomic mass is 9.88. The predicted molar refractivity (Wildman–Crippen MR) is 70.3 cm³/mol. The summed E-state index contributed by atoms with van der Waals surface area (Å²) in [6.45, 7) is 1.18. The van der Waals surface area contributed by atoms with Crippen LogP contribution in [-0.4, -0.2) is 29.6 Å². The third-order valence-electron chi connectivity index (χ3n) is 4.64. The Morgan fingerprint density at radius 2 is 2.06 bits per heavy atom. The first kappa shape index (κ1) is 10.8. The van der Waals surface area contributed by atoms with Gasteiger partial charge in [-0.05, 0) is 62.1 Å². The molecule has 2 bridgehead atoms. The highest BCUT2D eigenvalue weighted by Gasteiger charge is 2.39. The van der Waals surface area contributed by atoms with Crippen molar-refractivity contribution in [2.24, 2.45) is 17.8 Å². The van der Waals surface area contributed by atoms with Crippen LogP contribution < -0.4 is 5.32 Å². The average Bonchev–Trinajstić information content (AvgIpc) is 2.84. The molecule has 3 saturated carbocycles. The summed E-state index contributed by atoms with van der Waals surface area (Å²) in [6.07, 6.45) is 8.55. The summed E-state index contributed by atoms with van der Waals surface area (Å²) in [6, 6.07) is 0.690. The third kappa shape index (κ3) is 2.20. The quantitative estimate of drug-likeness (QED) is 0.760. The van der Waals surface area contributed by atoms with E-state index >= 15 is 0 Å². The summed E-state index contributed by atoms with van der Waals surface area (Å²) >= 11 is 5.43. The fourth-order valence-corrected chi connectivity index (χ4v) is 3.79. The maximum atomic E-state index is 5.43. The summed E-state index contributed by atoms with van der Waals surface area (Å²) in [5.41, 5.74) is 0. The lowest BCUT2D eigenvalue weighted by Crippen LogP contribution is -2.41. The fraction of sp³-hybridized carbons (Fsp3) is 0.923. The number of rotatable bonds is 3. The molecular weight excluding hydrogens is 216 g/mol. The molecule has 0 amide bonds. The van der Waals surface area contributed by atoms with Crippen LogP contribution in [0.1, 0.15) is 38.5 Å². The minimum absolute atomic E-state index is 0.690. The molecule has 0 saturated heterocycles. The Hall–Kier alpha value is -0.310. The molecule has 1 N–H and O–H groups in total. The molecule has 3 rings (SSSR count). The first-order valence-electron chi connectivity index (χ1n) is 6.74. The van der Waals surface area contributed by atoms with Crippen LogP contribution in [0, 0.1) is 17.8 Å². The van der Waals surface area contributed by atoms with Crippen molar-refractivity contribution in [3.05, 3.63) is 0 Å². The fourth-order valence-electron chi connectivity index (χ4n) is 3.55. The number of fused-ring (bicyclic) bond motifs is 2. The number of nitrogens with one attached hydrogen (secondary N) is 1. The van der Waals surface area contributed by atoms with Gasteiger partial charge in [0.15, 0.2) is 5.11 Å². The second-order valence-corrected chi connectivity index (χ2v) is 6.43. The third-order valence-corrected chi connectivity index (χ3v) is 5.07. The molecule has 0 heterocycles. The number of hydrogen-bond donors (Lipinski definition) is 1. The average molecular weight is 238 g/mol. The first-order chi connectivity index (χ1) is 7.72. The van der Waals surface area contributed by atoms with Gasteiger partial charge in [-0.25, -0.2) is 0 Å². The maximum absolute atomic E-state index is 5.43. The minimum atomic E-state index is 0.690. The molecule has 3 heteroatoms. The zero-order valence-corrected chi connectivity index (χ0v) is 10.9. The molecule has 0 aliphatic heterocycles. The molecule has 3 aliphatic carbocycles. The summed E-state index contributed by atoms with van der Waals surface area (Å²) in [4.78, 5) is 2.28. The summed E-state index contributed by atoms with van der Waals surface area (Å²) in [7, 11) is 2.16. The van der Waals surface area contributed by atoms with E-state index in [1.54, 1.807) is 0 Å². The zero-order valence-electron chi connectivity index (χ0n) is 10.1. The lowest BCUT2D eigenvalue weighted by molar-refractivity contribution is 0.275. The van der Waals surface area contributed by atoms with Crippen molar-refractivity contribution < 1.29 is 0 Å². The molecule has 0 aromatic carbocycles. The SMILES string of the molecule is CN(CC1CC2CCC1C2)C(=S)NC1CC1. The van der Waals surface area contributed by atoms with Gasteiger partial charge in [0, 0.05) is 19.6 Å². The van der Waals surface area contributed by atoms with Gasteiger partial charge in [0.05, 0.1) is 0 Å². The molecule has 3 aliphatic rings. The highest BCUT2D eigenvalue weighted by molar-refractivity contribution is 7.80. The maximum Gasteiger partial charge on any atom is 0.168 e. The van der Waals surface area contributed by atoms with Crippen LogP contribution in [0.15, 0.2) is 0 Å². The Labute approximate surface area is 104 Å². The molecule has 0 spiro atoms. The zero-order chi connectivity index (χ0) is 11.1. The summed E-state index contributed by atoms with van der Waals surface area (Å²) < 4.78 is 0. The van der Waals surface area contributed by atoms with E-state index in [1.165, 1.54) is 45.1 Å². The molecule has 0 radical (unpaired) electrons. The van der Waals surface area contributed by atoms with E-state index in [0.29, 0.717) is 6.04 Å². The summed E-state index contributed by atoms with van der Waals surface area (Å²) in [5, 5.41) is 4.41. The van der Waals surface area contributed by atoms with Crippen LogP contribution in [0.3, 0.4) is 0 Å². The monoisotopic (exact) mass is 238 g/mol. The van der Waals surface area contributed by atoms with Crippen molar-refractivity contribution >= 4 is 17.3 Å². The lowest BCUT2D eigenvalue weighted by Gasteiger charge is -2.29. The molecule has 3 unspecified atom stereocenters. The van der Waals surface area contributed by atoms with Gasteiger partial charge in [0.25, 0.3) is 0 Å². The molecular formula is C13H22N2S. The Morgan fingerprint density at radius 3 is 2.62 bits per heavy atom. The molecule has 0 aromatic rings. The summed E-state index contributed by atoms with van der Waals surface area (Å²) in [5.74, 6) is 2.98. The van der Waals surface area contributed by atoms with Crippen LogP contribution in [-0.2, 0) is 0 Å². The highest BCUT2D eigenvalue weighted by Crippen LogP contribution is 2.48. The van der Waals surface area contributed by atoms with Gasteiger partial charge in [0.2, 0.25) is 0 Å². The van der Waals surface area contributed by atoms with Crippen molar-refractivity contribution in [2.75, 3.05) is 13.6 Å². The van der Waals surface area contributed by atoms with E-state index in [9.17, 15) is 0 Å². The van der Waals surface area contributed by atoms with Crippen LogP contribution in [0.25, 0.3) is 0 Å². The standard InChI is InChI=1S/C13H22N2S/c1-15(13(16)14-12-4-5-12)8-11-7-9-2-3-10(11)6-9/h9-12H,2-8H2,1H3,(H,14,16). The molecule has 90 valence electrons. The first-order valence-corrected chi connectivity index (χ1v) is 7.15. The van der Waals surface area contributed by atoms with Crippen LogP contribution in [0.4, 0.5) is 0 Å². The molecule has 0 aromatic heterocycles. The Bertz CT molecular complexity index is 288. The van der Waals surface area contributed by atoms with Gasteiger partial charge in [-0.3, -0.25) is 0 Å². The van der Waals surface area contributed by atoms with E-state index < -0.39 is 0 Å². The Kier molecular flexibility index (Phi) is 2.82. The molecule has 3 atom stereocenters. The highest BCUT2D eigenvalue weighted by atomic mass is 32.1. The van der Waals surface area contributed by atoms with Crippen molar-refractivity contribution in [2.45, 2.75) is 44.6 Å². The van der Waals surface area contributed by atoms with Crippen molar-refractivity contribution in [3.63, 3.8) is 0 Å². The number of nitrogens with zero attached hydrogens (tertiary/aromatic N) is 1. The molecule has 2 nitrogen and oxygen atoms in total. The smallest absolute Gasteiger partial charge is 0.168 e. The van der Waals surface area contributed by atoms with Crippen LogP contribution in [0.5, 0.6) is 0 Å². The van der Waals surface area contributed by atoms with E-state index in [0.717, 1.165) is 22.9 Å². The number of thiocarbonyl (C=S) groups is 1. The van der Waals surface area contributed by atoms with Gasteiger partial charge in [-0.15, -0.1) is 0 Å². The van der Waals surface area contributed by atoms with E-state index in [1.807, 2.05) is 0 Å². The van der Waals surface area contributed by atoms with Crippen molar-refractivity contribution in [1.82, 2.24) is 10.2 Å². The minimum Gasteiger partial charge on any atom is -0.360 e.